The summed E-state index contributed by atoms with van der Waals surface area (Å²) < 4.78 is 0. The predicted octanol–water partition coefficient (Wildman–Crippen LogP) is 1.78. The van der Waals surface area contributed by atoms with Crippen molar-refractivity contribution in [3.8, 4) is 0 Å². The summed E-state index contributed by atoms with van der Waals surface area (Å²) in [5.41, 5.74) is 5.25. The molecule has 0 aliphatic rings. The van der Waals surface area contributed by atoms with E-state index in [0.717, 1.165) is 17.5 Å². The zero-order valence-electron chi connectivity index (χ0n) is 7.13. The van der Waals surface area contributed by atoms with Crippen LogP contribution >= 0.6 is 0 Å². The highest BCUT2D eigenvalue weighted by Crippen LogP contribution is 2.14. The molecule has 0 aliphatic carbocycles. The second-order valence-corrected chi connectivity index (χ2v) is 2.50. The molecule has 0 saturated carbocycles. The minimum absolute atomic E-state index is 0.675. The van der Waals surface area contributed by atoms with Gasteiger partial charge < -0.3 is 0 Å². The summed E-state index contributed by atoms with van der Waals surface area (Å²) in [7, 11) is 1.55. The minimum atomic E-state index is 0.675. The van der Waals surface area contributed by atoms with Gasteiger partial charge in [-0.1, -0.05) is 0 Å². The average molecular weight is 165 g/mol. The Bertz CT molecular complexity index is 284. The lowest BCUT2D eigenvalue weighted by atomic mass is 10.1. The minimum Gasteiger partial charge on any atom is -0.298 e. The molecule has 0 radical (unpaired) electrons. The van der Waals surface area contributed by atoms with Crippen LogP contribution in [0.1, 0.15) is 15.9 Å². The second kappa shape index (κ2) is 3.88. The van der Waals surface area contributed by atoms with Crippen LogP contribution < -0.4 is 5.48 Å². The molecule has 0 aliphatic heterocycles. The molecule has 0 amide bonds. The topological polar surface area (TPSA) is 38.3 Å². The summed E-state index contributed by atoms with van der Waals surface area (Å²) in [5.74, 6) is 0. The Hall–Kier alpha value is -1.35. The maximum absolute atomic E-state index is 10.4. The normalized spacial score (nSPS) is 9.50. The molecule has 12 heavy (non-hydrogen) atoms. The number of carbonyl (C=O) groups excluding carboxylic acids is 1. The number of aryl methyl sites for hydroxylation is 1. The maximum atomic E-state index is 10.4. The highest BCUT2D eigenvalue weighted by Gasteiger charge is 1.97. The monoisotopic (exact) mass is 165 g/mol. The predicted molar refractivity (Wildman–Crippen MR) is 47.2 cm³/mol. The van der Waals surface area contributed by atoms with Crippen molar-refractivity contribution in [1.82, 2.24) is 0 Å². The van der Waals surface area contributed by atoms with E-state index >= 15 is 0 Å². The fraction of sp³-hybridized carbons (Fsp3) is 0.222. The Morgan fingerprint density at radius 3 is 2.75 bits per heavy atom. The van der Waals surface area contributed by atoms with E-state index in [2.05, 4.69) is 5.48 Å². The molecule has 0 atom stereocenters. The van der Waals surface area contributed by atoms with Crippen LogP contribution in [0.25, 0.3) is 0 Å². The third kappa shape index (κ3) is 1.83. The van der Waals surface area contributed by atoms with Crippen molar-refractivity contribution in [3.63, 3.8) is 0 Å². The molecule has 0 heterocycles. The van der Waals surface area contributed by atoms with Crippen molar-refractivity contribution < 1.29 is 9.63 Å². The number of carbonyl (C=O) groups is 1. The summed E-state index contributed by atoms with van der Waals surface area (Å²) in [5, 5.41) is 0. The van der Waals surface area contributed by atoms with Crippen molar-refractivity contribution in [1.29, 1.82) is 0 Å². The highest BCUT2D eigenvalue weighted by molar-refractivity contribution is 5.76. The largest absolute Gasteiger partial charge is 0.298 e. The van der Waals surface area contributed by atoms with Crippen molar-refractivity contribution in [2.24, 2.45) is 0 Å². The van der Waals surface area contributed by atoms with Crippen LogP contribution in [0, 0.1) is 6.92 Å². The molecule has 64 valence electrons. The Morgan fingerprint density at radius 1 is 1.50 bits per heavy atom. The smallest absolute Gasteiger partial charge is 0.150 e. The van der Waals surface area contributed by atoms with Gasteiger partial charge in [-0.3, -0.25) is 15.1 Å². The fourth-order valence-electron chi connectivity index (χ4n) is 0.985. The molecule has 3 heteroatoms. The number of anilines is 1. The van der Waals surface area contributed by atoms with E-state index in [1.165, 1.54) is 0 Å². The maximum Gasteiger partial charge on any atom is 0.150 e. The molecule has 1 N–H and O–H groups in total. The molecule has 1 aromatic rings. The third-order valence-corrected chi connectivity index (χ3v) is 1.60. The van der Waals surface area contributed by atoms with E-state index in [-0.39, 0.29) is 0 Å². The van der Waals surface area contributed by atoms with Gasteiger partial charge in [-0.2, -0.15) is 0 Å². The first-order valence-electron chi connectivity index (χ1n) is 3.62. The van der Waals surface area contributed by atoms with Crippen LogP contribution in [0.4, 0.5) is 5.69 Å². The van der Waals surface area contributed by atoms with Crippen LogP contribution in [-0.2, 0) is 4.84 Å². The van der Waals surface area contributed by atoms with Crippen molar-refractivity contribution in [3.05, 3.63) is 29.3 Å². The second-order valence-electron chi connectivity index (χ2n) is 2.50. The van der Waals surface area contributed by atoms with Gasteiger partial charge in [0.05, 0.1) is 12.8 Å². The van der Waals surface area contributed by atoms with Crippen LogP contribution in [0.15, 0.2) is 18.2 Å². The standard InChI is InChI=1S/C9H11NO2/c1-7-5-8(6-11)3-4-9(7)10-12-2/h3-6,10H,1-2H3. The zero-order chi connectivity index (χ0) is 8.97. The number of rotatable bonds is 3. The zero-order valence-corrected chi connectivity index (χ0v) is 7.13. The van der Waals surface area contributed by atoms with Gasteiger partial charge in [-0.25, -0.2) is 0 Å². The first kappa shape index (κ1) is 8.74. The SMILES string of the molecule is CONc1ccc(C=O)cc1C. The van der Waals surface area contributed by atoms with E-state index in [0.29, 0.717) is 5.56 Å². The van der Waals surface area contributed by atoms with E-state index in [9.17, 15) is 4.79 Å². The number of nitrogens with one attached hydrogen (secondary N) is 1. The van der Waals surface area contributed by atoms with Gasteiger partial charge in [-0.05, 0) is 30.7 Å². The van der Waals surface area contributed by atoms with Gasteiger partial charge in [0.1, 0.15) is 6.29 Å². The van der Waals surface area contributed by atoms with Crippen molar-refractivity contribution in [2.45, 2.75) is 6.92 Å². The van der Waals surface area contributed by atoms with Crippen molar-refractivity contribution in [2.75, 3.05) is 12.6 Å². The number of hydrogen-bond acceptors (Lipinski definition) is 3. The molecule has 0 spiro atoms. The third-order valence-electron chi connectivity index (χ3n) is 1.60. The average Bonchev–Trinajstić information content (AvgIpc) is 2.09. The summed E-state index contributed by atoms with van der Waals surface area (Å²) in [6, 6.07) is 5.35. The summed E-state index contributed by atoms with van der Waals surface area (Å²) in [6.45, 7) is 1.91. The van der Waals surface area contributed by atoms with E-state index in [1.807, 2.05) is 13.0 Å². The first-order valence-corrected chi connectivity index (χ1v) is 3.62. The fourth-order valence-corrected chi connectivity index (χ4v) is 0.985. The molecule has 3 nitrogen and oxygen atoms in total. The van der Waals surface area contributed by atoms with Crippen LogP contribution in [0.3, 0.4) is 0 Å². The lowest BCUT2D eigenvalue weighted by Gasteiger charge is -2.06. The van der Waals surface area contributed by atoms with E-state index in [4.69, 9.17) is 4.84 Å². The highest BCUT2D eigenvalue weighted by atomic mass is 16.6. The van der Waals surface area contributed by atoms with Gasteiger partial charge in [0.15, 0.2) is 0 Å². The lowest BCUT2D eigenvalue weighted by molar-refractivity contribution is 0.112. The molecule has 0 saturated heterocycles. The Balaban J connectivity index is 2.94. The molecular formula is C9H11NO2. The summed E-state index contributed by atoms with van der Waals surface area (Å²) in [4.78, 5) is 15.1. The van der Waals surface area contributed by atoms with Crippen LogP contribution in [0.2, 0.25) is 0 Å². The van der Waals surface area contributed by atoms with Gasteiger partial charge >= 0.3 is 0 Å². The Kier molecular flexibility index (Phi) is 2.82. The molecular weight excluding hydrogens is 154 g/mol. The molecule has 0 bridgehead atoms. The van der Waals surface area contributed by atoms with Crippen LogP contribution in [0.5, 0.6) is 0 Å². The summed E-state index contributed by atoms with van der Waals surface area (Å²) >= 11 is 0. The van der Waals surface area contributed by atoms with Gasteiger partial charge in [0.25, 0.3) is 0 Å². The summed E-state index contributed by atoms with van der Waals surface area (Å²) in [6.07, 6.45) is 0.823. The molecule has 0 aromatic heterocycles. The molecule has 0 unspecified atom stereocenters. The lowest BCUT2D eigenvalue weighted by Crippen LogP contribution is -1.98. The van der Waals surface area contributed by atoms with Gasteiger partial charge in [0, 0.05) is 5.56 Å². The van der Waals surface area contributed by atoms with Crippen molar-refractivity contribution >= 4 is 12.0 Å². The Morgan fingerprint density at radius 2 is 2.25 bits per heavy atom. The Labute approximate surface area is 71.3 Å². The van der Waals surface area contributed by atoms with E-state index < -0.39 is 0 Å². The van der Waals surface area contributed by atoms with Gasteiger partial charge in [-0.15, -0.1) is 0 Å². The number of benzene rings is 1. The van der Waals surface area contributed by atoms with Gasteiger partial charge in [0.2, 0.25) is 0 Å². The molecule has 1 rings (SSSR count). The molecule has 0 fully saturated rings. The number of hydrogen-bond donors (Lipinski definition) is 1. The van der Waals surface area contributed by atoms with Crippen LogP contribution in [-0.4, -0.2) is 13.4 Å². The number of aldehydes is 1. The quantitative estimate of drug-likeness (QED) is 0.548. The first-order chi connectivity index (χ1) is 5.77. The van der Waals surface area contributed by atoms with E-state index in [1.54, 1.807) is 19.2 Å². The molecule has 1 aromatic carbocycles.